The number of benzene rings is 3. The average molecular weight is 582 g/mol. The summed E-state index contributed by atoms with van der Waals surface area (Å²) in [5.74, 6) is 1.43. The zero-order valence-corrected chi connectivity index (χ0v) is 24.1. The summed E-state index contributed by atoms with van der Waals surface area (Å²) in [4.78, 5) is 17.6. The first-order chi connectivity index (χ1) is 19.6. The largest absolute Gasteiger partial charge is 0.488 e. The van der Waals surface area contributed by atoms with Crippen molar-refractivity contribution in [1.29, 1.82) is 0 Å². The van der Waals surface area contributed by atoms with Crippen LogP contribution in [-0.4, -0.2) is 74.9 Å². The van der Waals surface area contributed by atoms with Crippen LogP contribution >= 0.6 is 0 Å². The second-order valence-electron chi connectivity index (χ2n) is 10.6. The van der Waals surface area contributed by atoms with E-state index in [-0.39, 0.29) is 47.5 Å². The highest BCUT2D eigenvalue weighted by atomic mass is 32.2. The quantitative estimate of drug-likeness (QED) is 0.394. The molecule has 0 bridgehead atoms. The van der Waals surface area contributed by atoms with Gasteiger partial charge in [-0.05, 0) is 62.0 Å². The summed E-state index contributed by atoms with van der Waals surface area (Å²) in [6, 6.07) is 18.2. The number of nitrogens with one attached hydrogen (secondary N) is 1. The van der Waals surface area contributed by atoms with Gasteiger partial charge in [0, 0.05) is 31.2 Å². The SMILES string of the molecule is C[C@@H]1CN([C@@H](C)CO)C(=O)c2cc(NS(=O)(=O)c3ccccc3)ccc2O[C@H]1CN(C)Cc1ccc2c(c1)OCO2. The van der Waals surface area contributed by atoms with Crippen molar-refractivity contribution in [3.8, 4) is 17.2 Å². The zero-order chi connectivity index (χ0) is 29.1. The number of carbonyl (C=O) groups is 1. The van der Waals surface area contributed by atoms with Gasteiger partial charge in [0.1, 0.15) is 11.9 Å². The van der Waals surface area contributed by atoms with Gasteiger partial charge < -0.3 is 24.2 Å². The molecule has 10 nitrogen and oxygen atoms in total. The van der Waals surface area contributed by atoms with Crippen molar-refractivity contribution >= 4 is 21.6 Å². The van der Waals surface area contributed by atoms with Gasteiger partial charge in [-0.25, -0.2) is 8.42 Å². The number of nitrogens with zero attached hydrogens (tertiary/aromatic N) is 2. The first kappa shape index (κ1) is 28.7. The van der Waals surface area contributed by atoms with Gasteiger partial charge in [-0.3, -0.25) is 14.4 Å². The highest BCUT2D eigenvalue weighted by molar-refractivity contribution is 7.92. The molecule has 0 unspecified atom stereocenters. The molecule has 0 aliphatic carbocycles. The lowest BCUT2D eigenvalue weighted by atomic mass is 9.99. The molecule has 1 amide bonds. The third kappa shape index (κ3) is 6.42. The Bertz CT molecular complexity index is 1500. The summed E-state index contributed by atoms with van der Waals surface area (Å²) < 4.78 is 45.8. The number of ether oxygens (including phenoxy) is 3. The van der Waals surface area contributed by atoms with Crippen molar-refractivity contribution in [2.24, 2.45) is 5.92 Å². The Morgan fingerprint density at radius 3 is 2.54 bits per heavy atom. The normalized spacial score (nSPS) is 19.2. The number of hydrogen-bond donors (Lipinski definition) is 2. The smallest absolute Gasteiger partial charge is 0.261 e. The van der Waals surface area contributed by atoms with E-state index in [1.54, 1.807) is 42.2 Å². The fourth-order valence-corrected chi connectivity index (χ4v) is 6.11. The Kier molecular flexibility index (Phi) is 8.39. The van der Waals surface area contributed by atoms with Gasteiger partial charge in [-0.15, -0.1) is 0 Å². The van der Waals surface area contributed by atoms with Crippen LogP contribution in [0.1, 0.15) is 29.8 Å². The molecule has 3 aromatic carbocycles. The standard InChI is InChI=1S/C30H35N3O7S/c1-20-15-33(21(2)18-34)30(35)25-14-23(31-41(36,37)24-7-5-4-6-8-24)10-12-26(25)40-29(20)17-32(3)16-22-9-11-27-28(13-22)39-19-38-27/h4-14,20-21,29,31,34H,15-19H2,1-3H3/t20-,21+,29+/m1/s1. The lowest BCUT2D eigenvalue weighted by Crippen LogP contribution is -2.49. The second kappa shape index (κ2) is 12.0. The highest BCUT2D eigenvalue weighted by Crippen LogP contribution is 2.34. The van der Waals surface area contributed by atoms with Crippen LogP contribution in [0.5, 0.6) is 17.2 Å². The van der Waals surface area contributed by atoms with Crippen LogP contribution in [0.4, 0.5) is 5.69 Å². The number of aliphatic hydroxyl groups is 1. The van der Waals surface area contributed by atoms with Crippen molar-refractivity contribution < 1.29 is 32.5 Å². The number of rotatable bonds is 9. The minimum atomic E-state index is -3.86. The number of anilines is 1. The molecular formula is C30H35N3O7S. The maximum atomic E-state index is 13.7. The van der Waals surface area contributed by atoms with E-state index in [1.165, 1.54) is 18.2 Å². The van der Waals surface area contributed by atoms with Crippen LogP contribution in [-0.2, 0) is 16.6 Å². The molecule has 2 heterocycles. The molecule has 0 saturated heterocycles. The molecule has 0 aromatic heterocycles. The Labute approximate surface area is 240 Å². The average Bonchev–Trinajstić information content (AvgIpc) is 3.43. The van der Waals surface area contributed by atoms with E-state index in [0.29, 0.717) is 25.4 Å². The Balaban J connectivity index is 1.40. The van der Waals surface area contributed by atoms with Crippen molar-refractivity contribution in [1.82, 2.24) is 9.80 Å². The van der Waals surface area contributed by atoms with Crippen LogP contribution in [0.15, 0.2) is 71.6 Å². The molecule has 0 fully saturated rings. The first-order valence-electron chi connectivity index (χ1n) is 13.5. The van der Waals surface area contributed by atoms with Gasteiger partial charge >= 0.3 is 0 Å². The molecule has 2 N–H and O–H groups in total. The zero-order valence-electron chi connectivity index (χ0n) is 23.3. The molecule has 5 rings (SSSR count). The lowest BCUT2D eigenvalue weighted by molar-refractivity contribution is 0.0341. The number of carbonyl (C=O) groups excluding carboxylic acids is 1. The van der Waals surface area contributed by atoms with Crippen molar-refractivity contribution in [2.45, 2.75) is 37.4 Å². The van der Waals surface area contributed by atoms with Crippen LogP contribution in [0.3, 0.4) is 0 Å². The monoisotopic (exact) mass is 581 g/mol. The summed E-state index contributed by atoms with van der Waals surface area (Å²) in [6.45, 7) is 5.40. The Hall–Kier alpha value is -3.80. The van der Waals surface area contributed by atoms with Gasteiger partial charge in [0.15, 0.2) is 11.5 Å². The molecule has 218 valence electrons. The summed E-state index contributed by atoms with van der Waals surface area (Å²) in [5, 5.41) is 9.93. The van der Waals surface area contributed by atoms with Gasteiger partial charge in [-0.2, -0.15) is 0 Å². The fraction of sp³-hybridized carbons (Fsp3) is 0.367. The molecular weight excluding hydrogens is 546 g/mol. The van der Waals surface area contributed by atoms with Crippen molar-refractivity contribution in [3.63, 3.8) is 0 Å². The Morgan fingerprint density at radius 1 is 1.05 bits per heavy atom. The minimum absolute atomic E-state index is 0.0587. The summed E-state index contributed by atoms with van der Waals surface area (Å²) in [6.07, 6.45) is -0.291. The second-order valence-corrected chi connectivity index (χ2v) is 12.3. The van der Waals surface area contributed by atoms with E-state index < -0.39 is 16.1 Å². The molecule has 0 saturated carbocycles. The summed E-state index contributed by atoms with van der Waals surface area (Å²) >= 11 is 0. The van der Waals surface area contributed by atoms with Gasteiger partial charge in [0.2, 0.25) is 6.79 Å². The Morgan fingerprint density at radius 2 is 1.78 bits per heavy atom. The van der Waals surface area contributed by atoms with Gasteiger partial charge in [-0.1, -0.05) is 31.2 Å². The maximum Gasteiger partial charge on any atom is 0.261 e. The number of aliphatic hydroxyl groups excluding tert-OH is 1. The van der Waals surface area contributed by atoms with E-state index in [4.69, 9.17) is 14.2 Å². The highest BCUT2D eigenvalue weighted by Gasteiger charge is 2.34. The number of fused-ring (bicyclic) bond motifs is 2. The van der Waals surface area contributed by atoms with Crippen LogP contribution in [0.2, 0.25) is 0 Å². The molecule has 2 aliphatic heterocycles. The third-order valence-corrected chi connectivity index (χ3v) is 8.75. The predicted molar refractivity (Wildman–Crippen MR) is 154 cm³/mol. The molecule has 3 aromatic rings. The third-order valence-electron chi connectivity index (χ3n) is 7.35. The minimum Gasteiger partial charge on any atom is -0.488 e. The molecule has 2 aliphatic rings. The van der Waals surface area contributed by atoms with Gasteiger partial charge in [0.05, 0.1) is 23.1 Å². The van der Waals surface area contributed by atoms with Crippen molar-refractivity contribution in [3.05, 3.63) is 77.9 Å². The van der Waals surface area contributed by atoms with Crippen LogP contribution in [0, 0.1) is 5.92 Å². The van der Waals surface area contributed by atoms with Crippen LogP contribution in [0.25, 0.3) is 0 Å². The molecule has 41 heavy (non-hydrogen) atoms. The van der Waals surface area contributed by atoms with E-state index in [9.17, 15) is 18.3 Å². The van der Waals surface area contributed by atoms with Crippen LogP contribution < -0.4 is 18.9 Å². The van der Waals surface area contributed by atoms with E-state index in [1.807, 2.05) is 32.2 Å². The lowest BCUT2D eigenvalue weighted by Gasteiger charge is -2.38. The maximum absolute atomic E-state index is 13.7. The first-order valence-corrected chi connectivity index (χ1v) is 15.0. The van der Waals surface area contributed by atoms with Crippen molar-refractivity contribution in [2.75, 3.05) is 38.3 Å². The van der Waals surface area contributed by atoms with E-state index in [2.05, 4.69) is 9.62 Å². The molecule has 0 radical (unpaired) electrons. The van der Waals surface area contributed by atoms with E-state index in [0.717, 1.165) is 17.1 Å². The number of amides is 1. The fourth-order valence-electron chi connectivity index (χ4n) is 5.04. The van der Waals surface area contributed by atoms with E-state index >= 15 is 0 Å². The summed E-state index contributed by atoms with van der Waals surface area (Å²) in [7, 11) is -1.86. The molecule has 3 atom stereocenters. The number of likely N-dealkylation sites (N-methyl/N-ethyl adjacent to an activating group) is 1. The summed E-state index contributed by atoms with van der Waals surface area (Å²) in [5.41, 5.74) is 1.54. The molecule has 0 spiro atoms. The molecule has 11 heteroatoms. The topological polar surface area (TPSA) is 118 Å². The number of hydrogen-bond acceptors (Lipinski definition) is 8. The van der Waals surface area contributed by atoms with Gasteiger partial charge in [0.25, 0.3) is 15.9 Å². The predicted octanol–water partition coefficient (Wildman–Crippen LogP) is 3.57. The number of sulfonamides is 1.